The second kappa shape index (κ2) is 11.2. The zero-order chi connectivity index (χ0) is 16.3. The Morgan fingerprint density at radius 2 is 1.90 bits per heavy atom. The molecule has 0 saturated carbocycles. The van der Waals surface area contributed by atoms with Crippen molar-refractivity contribution in [1.82, 2.24) is 10.6 Å². The lowest BCUT2D eigenvalue weighted by molar-refractivity contribution is -0.121. The maximum Gasteiger partial charge on any atom is 0.220 e. The molecule has 0 bridgehead atoms. The normalized spacial score (nSPS) is 13.0. The van der Waals surface area contributed by atoms with Crippen molar-refractivity contribution in [2.24, 2.45) is 10.9 Å². The maximum absolute atomic E-state index is 11.5. The Bertz CT molecular complexity index is 374. The number of hydrogen-bond acceptors (Lipinski definition) is 4. The van der Waals surface area contributed by atoms with Crippen molar-refractivity contribution >= 4 is 11.8 Å². The van der Waals surface area contributed by atoms with E-state index in [1.807, 2.05) is 20.9 Å². The molecule has 122 valence electrons. The van der Waals surface area contributed by atoms with Crippen LogP contribution in [0.1, 0.15) is 47.0 Å². The SMILES string of the molecule is CN=C(OCCCCC(=O)NCC(C)C)/C(C)=C(\C)NC. The van der Waals surface area contributed by atoms with Gasteiger partial charge in [0, 0.05) is 38.3 Å². The zero-order valence-corrected chi connectivity index (χ0v) is 14.4. The molecule has 0 aliphatic heterocycles. The Morgan fingerprint density at radius 1 is 1.24 bits per heavy atom. The van der Waals surface area contributed by atoms with Gasteiger partial charge < -0.3 is 15.4 Å². The molecule has 0 atom stereocenters. The third-order valence-electron chi connectivity index (χ3n) is 3.21. The second-order valence-electron chi connectivity index (χ2n) is 5.53. The van der Waals surface area contributed by atoms with Crippen LogP contribution in [0.15, 0.2) is 16.3 Å². The Labute approximate surface area is 129 Å². The zero-order valence-electron chi connectivity index (χ0n) is 14.4. The van der Waals surface area contributed by atoms with E-state index in [9.17, 15) is 4.79 Å². The number of ether oxygens (including phenoxy) is 1. The second-order valence-corrected chi connectivity index (χ2v) is 5.53. The number of rotatable bonds is 9. The highest BCUT2D eigenvalue weighted by molar-refractivity contribution is 5.93. The molecule has 0 aliphatic rings. The molecule has 0 aromatic rings. The van der Waals surface area contributed by atoms with E-state index in [0.29, 0.717) is 24.8 Å². The van der Waals surface area contributed by atoms with Gasteiger partial charge >= 0.3 is 0 Å². The number of nitrogens with one attached hydrogen (secondary N) is 2. The first-order valence-electron chi connectivity index (χ1n) is 7.64. The molecule has 0 rings (SSSR count). The minimum absolute atomic E-state index is 0.121. The predicted molar refractivity (Wildman–Crippen MR) is 88.4 cm³/mol. The molecule has 0 unspecified atom stereocenters. The van der Waals surface area contributed by atoms with Crippen molar-refractivity contribution < 1.29 is 9.53 Å². The van der Waals surface area contributed by atoms with Crippen molar-refractivity contribution in [3.63, 3.8) is 0 Å². The van der Waals surface area contributed by atoms with E-state index in [-0.39, 0.29) is 5.91 Å². The van der Waals surface area contributed by atoms with Gasteiger partial charge in [-0.25, -0.2) is 0 Å². The number of allylic oxidation sites excluding steroid dienone is 1. The van der Waals surface area contributed by atoms with E-state index >= 15 is 0 Å². The van der Waals surface area contributed by atoms with Gasteiger partial charge in [-0.3, -0.25) is 9.79 Å². The molecule has 0 spiro atoms. The van der Waals surface area contributed by atoms with E-state index in [4.69, 9.17) is 4.74 Å². The predicted octanol–water partition coefficient (Wildman–Crippen LogP) is 2.49. The van der Waals surface area contributed by atoms with Gasteiger partial charge in [0.25, 0.3) is 0 Å². The van der Waals surface area contributed by atoms with E-state index in [0.717, 1.165) is 30.7 Å². The smallest absolute Gasteiger partial charge is 0.220 e. The maximum atomic E-state index is 11.5. The highest BCUT2D eigenvalue weighted by atomic mass is 16.5. The quantitative estimate of drug-likeness (QED) is 0.390. The molecule has 5 nitrogen and oxygen atoms in total. The van der Waals surface area contributed by atoms with Crippen molar-refractivity contribution in [3.8, 4) is 0 Å². The molecule has 0 heterocycles. The molecule has 2 N–H and O–H groups in total. The summed E-state index contributed by atoms with van der Waals surface area (Å²) in [6.07, 6.45) is 2.23. The standard InChI is InChI=1S/C16H31N3O2/c1-12(2)11-19-15(20)9-7-8-10-21-16(18-6)13(3)14(4)17-5/h12,17H,7-11H2,1-6H3,(H,19,20)/b14-13+,18-16?. The summed E-state index contributed by atoms with van der Waals surface area (Å²) in [4.78, 5) is 15.7. The summed E-state index contributed by atoms with van der Waals surface area (Å²) in [5.74, 6) is 1.27. The molecule has 0 aromatic heterocycles. The molecule has 0 fully saturated rings. The lowest BCUT2D eigenvalue weighted by Crippen LogP contribution is -2.27. The minimum Gasteiger partial charge on any atom is -0.478 e. The number of aliphatic imine (C=N–C) groups is 1. The van der Waals surface area contributed by atoms with Crippen LogP contribution < -0.4 is 10.6 Å². The molecule has 0 saturated heterocycles. The van der Waals surface area contributed by atoms with Gasteiger partial charge in [0.05, 0.1) is 6.61 Å². The summed E-state index contributed by atoms with van der Waals surface area (Å²) >= 11 is 0. The molecule has 5 heteroatoms. The van der Waals surface area contributed by atoms with Gasteiger partial charge in [0.1, 0.15) is 0 Å². The highest BCUT2D eigenvalue weighted by Crippen LogP contribution is 2.06. The lowest BCUT2D eigenvalue weighted by Gasteiger charge is -2.12. The molecule has 0 aliphatic carbocycles. The third kappa shape index (κ3) is 9.10. The first-order valence-corrected chi connectivity index (χ1v) is 7.64. The van der Waals surface area contributed by atoms with Gasteiger partial charge in [-0.05, 0) is 32.6 Å². The Kier molecular flexibility index (Phi) is 10.4. The van der Waals surface area contributed by atoms with E-state index in [1.54, 1.807) is 7.05 Å². The van der Waals surface area contributed by atoms with Crippen LogP contribution in [0.2, 0.25) is 0 Å². The Balaban J connectivity index is 3.92. The van der Waals surface area contributed by atoms with Crippen LogP contribution in [0.25, 0.3) is 0 Å². The topological polar surface area (TPSA) is 62.7 Å². The number of hydrogen-bond donors (Lipinski definition) is 2. The number of amides is 1. The fourth-order valence-corrected chi connectivity index (χ4v) is 1.65. The summed E-state index contributed by atoms with van der Waals surface area (Å²) in [5, 5.41) is 6.00. The molecular weight excluding hydrogens is 266 g/mol. The number of carbonyl (C=O) groups excluding carboxylic acids is 1. The van der Waals surface area contributed by atoms with Crippen LogP contribution in [-0.4, -0.2) is 39.1 Å². The van der Waals surface area contributed by atoms with Crippen molar-refractivity contribution in [2.45, 2.75) is 47.0 Å². The van der Waals surface area contributed by atoms with Crippen molar-refractivity contribution in [1.29, 1.82) is 0 Å². The lowest BCUT2D eigenvalue weighted by atomic mass is 10.2. The van der Waals surface area contributed by atoms with Gasteiger partial charge in [0.2, 0.25) is 11.8 Å². The molecule has 0 aromatic carbocycles. The van der Waals surface area contributed by atoms with E-state index in [1.165, 1.54) is 0 Å². The van der Waals surface area contributed by atoms with Crippen LogP contribution in [0.4, 0.5) is 0 Å². The first kappa shape index (κ1) is 19.5. The van der Waals surface area contributed by atoms with Gasteiger partial charge in [-0.15, -0.1) is 0 Å². The minimum atomic E-state index is 0.121. The van der Waals surface area contributed by atoms with E-state index < -0.39 is 0 Å². The number of carbonyl (C=O) groups is 1. The van der Waals surface area contributed by atoms with Gasteiger partial charge in [-0.2, -0.15) is 0 Å². The summed E-state index contributed by atoms with van der Waals surface area (Å²) in [7, 11) is 3.60. The Hall–Kier alpha value is -1.52. The Morgan fingerprint density at radius 3 is 2.43 bits per heavy atom. The molecule has 21 heavy (non-hydrogen) atoms. The summed E-state index contributed by atoms with van der Waals surface area (Å²) in [6.45, 7) is 9.47. The van der Waals surface area contributed by atoms with Crippen LogP contribution in [0.3, 0.4) is 0 Å². The van der Waals surface area contributed by atoms with Crippen LogP contribution in [0.5, 0.6) is 0 Å². The molecule has 0 radical (unpaired) electrons. The monoisotopic (exact) mass is 297 g/mol. The average molecular weight is 297 g/mol. The summed E-state index contributed by atoms with van der Waals surface area (Å²) in [5.41, 5.74) is 2.05. The fourth-order valence-electron chi connectivity index (χ4n) is 1.65. The summed E-state index contributed by atoms with van der Waals surface area (Å²) < 4.78 is 5.68. The number of unbranched alkanes of at least 4 members (excludes halogenated alkanes) is 1. The number of nitrogens with zero attached hydrogens (tertiary/aromatic N) is 1. The van der Waals surface area contributed by atoms with E-state index in [2.05, 4.69) is 29.5 Å². The van der Waals surface area contributed by atoms with Crippen LogP contribution in [-0.2, 0) is 9.53 Å². The van der Waals surface area contributed by atoms with Crippen molar-refractivity contribution in [2.75, 3.05) is 27.2 Å². The largest absolute Gasteiger partial charge is 0.478 e. The van der Waals surface area contributed by atoms with Crippen molar-refractivity contribution in [3.05, 3.63) is 11.3 Å². The third-order valence-corrected chi connectivity index (χ3v) is 3.21. The van der Waals surface area contributed by atoms with Gasteiger partial charge in [0.15, 0.2) is 0 Å². The fraction of sp³-hybridized carbons (Fsp3) is 0.750. The van der Waals surface area contributed by atoms with Crippen LogP contribution in [0, 0.1) is 5.92 Å². The van der Waals surface area contributed by atoms with Crippen LogP contribution >= 0.6 is 0 Å². The first-order chi connectivity index (χ1) is 9.92. The average Bonchev–Trinajstić information content (AvgIpc) is 2.47. The summed E-state index contributed by atoms with van der Waals surface area (Å²) in [6, 6.07) is 0. The molecular formula is C16H31N3O2. The molecule has 1 amide bonds. The van der Waals surface area contributed by atoms with Gasteiger partial charge in [-0.1, -0.05) is 13.8 Å². The highest BCUT2D eigenvalue weighted by Gasteiger charge is 2.06.